The van der Waals surface area contributed by atoms with Crippen molar-refractivity contribution in [2.24, 2.45) is 11.8 Å². The van der Waals surface area contributed by atoms with Gasteiger partial charge >= 0.3 is 12.1 Å². The Morgan fingerprint density at radius 2 is 1.81 bits per heavy atom. The van der Waals surface area contributed by atoms with Gasteiger partial charge in [0.15, 0.2) is 0 Å². The van der Waals surface area contributed by atoms with Gasteiger partial charge in [0.05, 0.1) is 11.8 Å². The van der Waals surface area contributed by atoms with Crippen LogP contribution in [0.5, 0.6) is 11.5 Å². The van der Waals surface area contributed by atoms with Crippen molar-refractivity contribution in [2.75, 3.05) is 13.1 Å². The van der Waals surface area contributed by atoms with E-state index in [9.17, 15) is 22.8 Å². The number of carbonyl (C=O) groups excluding carboxylic acids is 1. The van der Waals surface area contributed by atoms with Crippen LogP contribution in [-0.2, 0) is 4.79 Å². The predicted molar refractivity (Wildman–Crippen MR) is 87.3 cm³/mol. The highest BCUT2D eigenvalue weighted by Crippen LogP contribution is 2.38. The molecule has 27 heavy (non-hydrogen) atoms. The number of nitrogens with zero attached hydrogens (tertiary/aromatic N) is 2. The number of aliphatic carboxylic acids is 1. The molecule has 1 aliphatic heterocycles. The zero-order valence-electron chi connectivity index (χ0n) is 13.9. The monoisotopic (exact) mass is 380 g/mol. The van der Waals surface area contributed by atoms with Gasteiger partial charge in [-0.3, -0.25) is 14.6 Å². The first kappa shape index (κ1) is 18.7. The normalized spacial score (nSPS) is 19.7. The van der Waals surface area contributed by atoms with Crippen molar-refractivity contribution in [1.82, 2.24) is 9.88 Å². The molecule has 1 N–H and O–H groups in total. The average Bonchev–Trinajstić information content (AvgIpc) is 3.08. The van der Waals surface area contributed by atoms with Gasteiger partial charge in [0, 0.05) is 25.4 Å². The number of rotatable bonds is 4. The Kier molecular flexibility index (Phi) is 5.02. The van der Waals surface area contributed by atoms with Crippen LogP contribution in [0.15, 0.2) is 48.7 Å². The van der Waals surface area contributed by atoms with Crippen LogP contribution in [0.2, 0.25) is 0 Å². The van der Waals surface area contributed by atoms with Crippen LogP contribution in [-0.4, -0.2) is 46.1 Å². The van der Waals surface area contributed by atoms with Crippen LogP contribution >= 0.6 is 0 Å². The number of carbonyl (C=O) groups is 2. The van der Waals surface area contributed by atoms with Gasteiger partial charge in [-0.1, -0.05) is 18.2 Å². The highest BCUT2D eigenvalue weighted by molar-refractivity contribution is 5.93. The molecule has 1 aliphatic rings. The van der Waals surface area contributed by atoms with Crippen LogP contribution in [0, 0.1) is 11.8 Å². The fourth-order valence-electron chi connectivity index (χ4n) is 2.93. The average molecular weight is 380 g/mol. The summed E-state index contributed by atoms with van der Waals surface area (Å²) in [5.41, 5.74) is -0.115. The summed E-state index contributed by atoms with van der Waals surface area (Å²) in [6, 6.07) is 11.5. The molecule has 1 aromatic heterocycles. The van der Waals surface area contributed by atoms with E-state index in [0.29, 0.717) is 11.5 Å². The molecule has 2 heterocycles. The summed E-state index contributed by atoms with van der Waals surface area (Å²) in [7, 11) is 0. The first-order valence-corrected chi connectivity index (χ1v) is 8.03. The van der Waals surface area contributed by atoms with E-state index >= 15 is 0 Å². The Morgan fingerprint density at radius 3 is 2.41 bits per heavy atom. The Balaban J connectivity index is 1.78. The van der Waals surface area contributed by atoms with Gasteiger partial charge < -0.3 is 14.7 Å². The fourth-order valence-corrected chi connectivity index (χ4v) is 2.93. The summed E-state index contributed by atoms with van der Waals surface area (Å²) in [5.74, 6) is -5.35. The van der Waals surface area contributed by atoms with E-state index < -0.39 is 43.0 Å². The third kappa shape index (κ3) is 4.18. The van der Waals surface area contributed by atoms with Crippen molar-refractivity contribution in [3.05, 3.63) is 54.4 Å². The van der Waals surface area contributed by atoms with Crippen LogP contribution in [0.3, 0.4) is 0 Å². The van der Waals surface area contributed by atoms with Gasteiger partial charge in [-0.05, 0) is 18.2 Å². The van der Waals surface area contributed by atoms with E-state index in [1.165, 1.54) is 18.3 Å². The highest BCUT2D eigenvalue weighted by atomic mass is 19.4. The zero-order valence-corrected chi connectivity index (χ0v) is 13.9. The molecule has 1 aromatic carbocycles. The Labute approximate surface area is 152 Å². The molecule has 0 aliphatic carbocycles. The van der Waals surface area contributed by atoms with Crippen molar-refractivity contribution < 1.29 is 32.6 Å². The number of carboxylic acids is 1. The molecule has 1 amide bonds. The minimum atomic E-state index is -4.70. The number of aromatic nitrogens is 1. The molecule has 1 saturated heterocycles. The quantitative estimate of drug-likeness (QED) is 0.881. The second-order valence-electron chi connectivity index (χ2n) is 6.09. The zero-order chi connectivity index (χ0) is 19.6. The van der Waals surface area contributed by atoms with E-state index in [0.717, 1.165) is 4.90 Å². The van der Waals surface area contributed by atoms with Crippen molar-refractivity contribution in [2.45, 2.75) is 6.18 Å². The molecule has 3 rings (SSSR count). The van der Waals surface area contributed by atoms with E-state index in [1.807, 2.05) is 0 Å². The summed E-state index contributed by atoms with van der Waals surface area (Å²) in [5, 5.41) is 9.05. The summed E-state index contributed by atoms with van der Waals surface area (Å²) in [4.78, 5) is 28.4. The number of carboxylic acid groups (broad SMARTS) is 1. The van der Waals surface area contributed by atoms with Gasteiger partial charge in [0.2, 0.25) is 0 Å². The number of alkyl halides is 3. The van der Waals surface area contributed by atoms with Gasteiger partial charge in [-0.2, -0.15) is 13.2 Å². The number of para-hydroxylation sites is 1. The van der Waals surface area contributed by atoms with Crippen LogP contribution in [0.4, 0.5) is 13.2 Å². The number of ether oxygens (including phenoxy) is 1. The van der Waals surface area contributed by atoms with Crippen molar-refractivity contribution >= 4 is 11.9 Å². The Morgan fingerprint density at radius 1 is 1.11 bits per heavy atom. The molecular formula is C18H15F3N2O4. The number of hydrogen-bond acceptors (Lipinski definition) is 4. The topological polar surface area (TPSA) is 79.7 Å². The third-order valence-corrected chi connectivity index (χ3v) is 4.27. The molecule has 0 spiro atoms. The lowest BCUT2D eigenvalue weighted by Crippen LogP contribution is -2.34. The lowest BCUT2D eigenvalue weighted by molar-refractivity contribution is -0.187. The number of benzene rings is 1. The van der Waals surface area contributed by atoms with E-state index in [-0.39, 0.29) is 5.69 Å². The molecule has 2 aromatic rings. The number of hydrogen-bond donors (Lipinski definition) is 1. The lowest BCUT2D eigenvalue weighted by atomic mass is 9.96. The lowest BCUT2D eigenvalue weighted by Gasteiger charge is -2.18. The molecule has 142 valence electrons. The molecule has 0 unspecified atom stereocenters. The summed E-state index contributed by atoms with van der Waals surface area (Å²) in [6.45, 7) is -1.24. The van der Waals surface area contributed by atoms with Crippen LogP contribution < -0.4 is 4.74 Å². The first-order chi connectivity index (χ1) is 12.8. The van der Waals surface area contributed by atoms with Gasteiger partial charge in [0.25, 0.3) is 5.91 Å². The number of pyridine rings is 1. The van der Waals surface area contributed by atoms with Crippen molar-refractivity contribution in [1.29, 1.82) is 0 Å². The van der Waals surface area contributed by atoms with E-state index in [2.05, 4.69) is 4.98 Å². The molecule has 2 atom stereocenters. The highest BCUT2D eigenvalue weighted by Gasteiger charge is 2.53. The molecule has 0 saturated carbocycles. The van der Waals surface area contributed by atoms with Gasteiger partial charge in [-0.25, -0.2) is 0 Å². The number of amides is 1. The molecule has 1 fully saturated rings. The van der Waals surface area contributed by atoms with E-state index in [4.69, 9.17) is 9.84 Å². The predicted octanol–water partition coefficient (Wildman–Crippen LogP) is 3.21. The molecular weight excluding hydrogens is 365 g/mol. The number of halogens is 3. The maximum Gasteiger partial charge on any atom is 0.394 e. The van der Waals surface area contributed by atoms with Crippen LogP contribution in [0.1, 0.15) is 10.5 Å². The SMILES string of the molecule is O=C(O)[C@@H]1CN(C(=O)c2cc(Oc3ccccc3)ccn2)C[C@H]1C(F)(F)F. The van der Waals surface area contributed by atoms with Crippen molar-refractivity contribution in [3.63, 3.8) is 0 Å². The molecule has 9 heteroatoms. The smallest absolute Gasteiger partial charge is 0.394 e. The van der Waals surface area contributed by atoms with E-state index in [1.54, 1.807) is 30.3 Å². The Bertz CT molecular complexity index is 842. The summed E-state index contributed by atoms with van der Waals surface area (Å²) < 4.78 is 44.8. The molecule has 6 nitrogen and oxygen atoms in total. The van der Waals surface area contributed by atoms with Gasteiger partial charge in [0.1, 0.15) is 17.2 Å². The minimum absolute atomic E-state index is 0.115. The largest absolute Gasteiger partial charge is 0.481 e. The minimum Gasteiger partial charge on any atom is -0.481 e. The second kappa shape index (κ2) is 7.26. The third-order valence-electron chi connectivity index (χ3n) is 4.27. The molecule has 0 bridgehead atoms. The van der Waals surface area contributed by atoms with Crippen molar-refractivity contribution in [3.8, 4) is 11.5 Å². The number of likely N-dealkylation sites (tertiary alicyclic amines) is 1. The first-order valence-electron chi connectivity index (χ1n) is 8.03. The fraction of sp³-hybridized carbons (Fsp3) is 0.278. The molecule has 0 radical (unpaired) electrons. The van der Waals surface area contributed by atoms with Crippen LogP contribution in [0.25, 0.3) is 0 Å². The van der Waals surface area contributed by atoms with Gasteiger partial charge in [-0.15, -0.1) is 0 Å². The maximum absolute atomic E-state index is 13.1. The summed E-state index contributed by atoms with van der Waals surface area (Å²) in [6.07, 6.45) is -3.40. The Hall–Kier alpha value is -3.10. The summed E-state index contributed by atoms with van der Waals surface area (Å²) >= 11 is 0. The standard InChI is InChI=1S/C18H15F3N2O4/c19-18(20,21)14-10-23(9-13(14)17(25)26)16(24)15-8-12(6-7-22-15)27-11-4-2-1-3-5-11/h1-8,13-14H,9-10H2,(H,25,26)/t13-,14-/m1/s1. The maximum atomic E-state index is 13.1. The second-order valence-corrected chi connectivity index (χ2v) is 6.09.